The monoisotopic (exact) mass is 376 g/mol. The molecular weight excluding hydrogens is 354 g/mol. The molecule has 144 valence electrons. The van der Waals surface area contributed by atoms with Crippen LogP contribution in [0.4, 0.5) is 20.3 Å². The molecule has 2 aromatic rings. The average Bonchev–Trinajstić information content (AvgIpc) is 3.07. The molecule has 3 rings (SSSR count). The van der Waals surface area contributed by atoms with Gasteiger partial charge in [-0.05, 0) is 25.0 Å². The summed E-state index contributed by atoms with van der Waals surface area (Å²) in [4.78, 5) is 19.7. The Balaban J connectivity index is 1.87. The largest absolute Gasteiger partial charge is 0.365 e. The summed E-state index contributed by atoms with van der Waals surface area (Å²) in [5.41, 5.74) is 5.87. The minimum absolute atomic E-state index is 0.0930. The summed E-state index contributed by atoms with van der Waals surface area (Å²) < 4.78 is 27.0. The highest BCUT2D eigenvalue weighted by molar-refractivity contribution is 5.98. The first-order chi connectivity index (χ1) is 13.0. The average molecular weight is 376 g/mol. The number of carbonyl (C=O) groups is 1. The highest BCUT2D eigenvalue weighted by Crippen LogP contribution is 2.34. The van der Waals surface area contributed by atoms with Gasteiger partial charge in [0.1, 0.15) is 11.3 Å². The number of hydrogen-bond acceptors (Lipinski definition) is 5. The van der Waals surface area contributed by atoms with Crippen LogP contribution < -0.4 is 11.1 Å². The number of anilines is 2. The summed E-state index contributed by atoms with van der Waals surface area (Å²) >= 11 is 0. The number of nitrogens with zero attached hydrogens (tertiary/aromatic N) is 4. The highest BCUT2D eigenvalue weighted by Gasteiger charge is 2.28. The number of halogens is 2. The van der Waals surface area contributed by atoms with E-state index in [-0.39, 0.29) is 29.0 Å². The van der Waals surface area contributed by atoms with Gasteiger partial charge in [-0.2, -0.15) is 5.10 Å². The van der Waals surface area contributed by atoms with Gasteiger partial charge in [0.2, 0.25) is 0 Å². The third-order valence-corrected chi connectivity index (χ3v) is 4.73. The molecule has 0 saturated heterocycles. The number of aliphatic imine (C=N–C) groups is 1. The summed E-state index contributed by atoms with van der Waals surface area (Å²) in [6.45, 7) is 0. The Hall–Kier alpha value is -2.84. The number of alkyl halides is 2. The van der Waals surface area contributed by atoms with Gasteiger partial charge in [0.25, 0.3) is 12.3 Å². The van der Waals surface area contributed by atoms with Crippen LogP contribution in [-0.2, 0) is 0 Å². The van der Waals surface area contributed by atoms with Crippen molar-refractivity contribution in [1.82, 2.24) is 14.8 Å². The maximum absolute atomic E-state index is 12.6. The zero-order valence-corrected chi connectivity index (χ0v) is 15.0. The third-order valence-electron chi connectivity index (χ3n) is 4.73. The second kappa shape index (κ2) is 8.24. The number of hydrogen-bond donors (Lipinski definition) is 2. The molecule has 2 atom stereocenters. The lowest BCUT2D eigenvalue weighted by Gasteiger charge is -2.29. The molecule has 1 saturated carbocycles. The molecule has 0 bridgehead atoms. The molecule has 2 aromatic heterocycles. The molecule has 0 aliphatic heterocycles. The molecule has 7 nitrogen and oxygen atoms in total. The minimum Gasteiger partial charge on any atom is -0.365 e. The lowest BCUT2D eigenvalue weighted by atomic mass is 9.85. The molecule has 1 aliphatic rings. The molecule has 1 amide bonds. The minimum atomic E-state index is -2.64. The first-order valence-electron chi connectivity index (χ1n) is 8.82. The Morgan fingerprint density at radius 2 is 2.19 bits per heavy atom. The van der Waals surface area contributed by atoms with Crippen LogP contribution in [0.15, 0.2) is 29.5 Å². The molecule has 0 radical (unpaired) electrons. The van der Waals surface area contributed by atoms with Gasteiger partial charge in [0, 0.05) is 25.4 Å². The van der Waals surface area contributed by atoms with Crippen molar-refractivity contribution in [2.75, 3.05) is 12.4 Å². The lowest BCUT2D eigenvalue weighted by Crippen LogP contribution is -2.25. The topological polar surface area (TPSA) is 98.2 Å². The number of amides is 1. The normalized spacial score (nSPS) is 20.3. The van der Waals surface area contributed by atoms with E-state index in [4.69, 9.17) is 5.73 Å². The predicted octanol–water partition coefficient (Wildman–Crippen LogP) is 3.49. The third kappa shape index (κ3) is 4.29. The van der Waals surface area contributed by atoms with E-state index >= 15 is 0 Å². The van der Waals surface area contributed by atoms with Crippen LogP contribution in [-0.4, -0.2) is 33.9 Å². The van der Waals surface area contributed by atoms with E-state index in [0.717, 1.165) is 25.7 Å². The fourth-order valence-corrected chi connectivity index (χ4v) is 3.41. The smallest absolute Gasteiger partial charge is 0.280 e. The molecule has 9 heteroatoms. The predicted molar refractivity (Wildman–Crippen MR) is 98.6 cm³/mol. The fourth-order valence-electron chi connectivity index (χ4n) is 3.41. The first-order valence-corrected chi connectivity index (χ1v) is 8.82. The Kier molecular flexibility index (Phi) is 5.78. The molecule has 1 aliphatic carbocycles. The van der Waals surface area contributed by atoms with Crippen molar-refractivity contribution >= 4 is 23.6 Å². The van der Waals surface area contributed by atoms with Crippen LogP contribution in [0.25, 0.3) is 0 Å². The van der Waals surface area contributed by atoms with Gasteiger partial charge < -0.3 is 16.0 Å². The van der Waals surface area contributed by atoms with Crippen LogP contribution in [0.1, 0.15) is 54.2 Å². The van der Waals surface area contributed by atoms with Crippen LogP contribution in [0.5, 0.6) is 0 Å². The highest BCUT2D eigenvalue weighted by atomic mass is 19.3. The van der Waals surface area contributed by atoms with Gasteiger partial charge in [-0.3, -0.25) is 14.5 Å². The number of nitrogens with two attached hydrogens (primary N) is 1. The first kappa shape index (κ1) is 18.9. The number of aromatic nitrogens is 3. The number of nitrogens with one attached hydrogen (secondary N) is 1. The van der Waals surface area contributed by atoms with Crippen molar-refractivity contribution < 1.29 is 13.6 Å². The van der Waals surface area contributed by atoms with E-state index in [1.54, 1.807) is 17.9 Å². The van der Waals surface area contributed by atoms with E-state index < -0.39 is 12.3 Å². The van der Waals surface area contributed by atoms with Crippen molar-refractivity contribution in [3.63, 3.8) is 0 Å². The Bertz CT molecular complexity index is 818. The Labute approximate surface area is 155 Å². The van der Waals surface area contributed by atoms with Crippen LogP contribution >= 0.6 is 0 Å². The SMILES string of the molecule is CN=C[C@H]1CCCC[C@@H]1n1cc(C(N)=O)c(Nc2ccc(C(F)F)nc2)n1. The van der Waals surface area contributed by atoms with E-state index in [0.29, 0.717) is 5.69 Å². The summed E-state index contributed by atoms with van der Waals surface area (Å²) in [6.07, 6.45) is 6.35. The van der Waals surface area contributed by atoms with Gasteiger partial charge in [-0.15, -0.1) is 0 Å². The molecule has 0 unspecified atom stereocenters. The van der Waals surface area contributed by atoms with E-state index in [2.05, 4.69) is 20.4 Å². The number of pyridine rings is 1. The van der Waals surface area contributed by atoms with Crippen molar-refractivity contribution in [2.45, 2.75) is 38.2 Å². The zero-order chi connectivity index (χ0) is 19.4. The molecule has 27 heavy (non-hydrogen) atoms. The number of rotatable bonds is 6. The summed E-state index contributed by atoms with van der Waals surface area (Å²) in [6, 6.07) is 2.78. The van der Waals surface area contributed by atoms with Crippen molar-refractivity contribution in [1.29, 1.82) is 0 Å². The second-order valence-electron chi connectivity index (χ2n) is 6.56. The van der Waals surface area contributed by atoms with Gasteiger partial charge in [-0.25, -0.2) is 8.78 Å². The van der Waals surface area contributed by atoms with Crippen molar-refractivity contribution in [2.24, 2.45) is 16.6 Å². The van der Waals surface area contributed by atoms with Crippen LogP contribution in [0.3, 0.4) is 0 Å². The summed E-state index contributed by atoms with van der Waals surface area (Å²) in [5, 5.41) is 7.46. The van der Waals surface area contributed by atoms with E-state index in [9.17, 15) is 13.6 Å². The Morgan fingerprint density at radius 3 is 2.81 bits per heavy atom. The fraction of sp³-hybridized carbons (Fsp3) is 0.444. The maximum atomic E-state index is 12.6. The van der Waals surface area contributed by atoms with Gasteiger partial charge in [0.05, 0.1) is 17.9 Å². The number of carbonyl (C=O) groups excluding carboxylic acids is 1. The maximum Gasteiger partial charge on any atom is 0.280 e. The molecule has 3 N–H and O–H groups in total. The van der Waals surface area contributed by atoms with Gasteiger partial charge in [0.15, 0.2) is 5.82 Å². The lowest BCUT2D eigenvalue weighted by molar-refractivity contribution is 0.100. The molecular formula is C18H22F2N6O. The molecule has 2 heterocycles. The molecule has 0 spiro atoms. The second-order valence-corrected chi connectivity index (χ2v) is 6.56. The van der Waals surface area contributed by atoms with Gasteiger partial charge >= 0.3 is 0 Å². The summed E-state index contributed by atoms with van der Waals surface area (Å²) in [5.74, 6) is -0.0893. The van der Waals surface area contributed by atoms with Crippen LogP contribution in [0.2, 0.25) is 0 Å². The van der Waals surface area contributed by atoms with E-state index in [1.807, 2.05) is 6.21 Å². The molecule has 0 aromatic carbocycles. The van der Waals surface area contributed by atoms with E-state index in [1.165, 1.54) is 18.3 Å². The molecule has 1 fully saturated rings. The van der Waals surface area contributed by atoms with Crippen LogP contribution in [0, 0.1) is 5.92 Å². The standard InChI is InChI=1S/C18H22F2N6O/c1-22-8-11-4-2-3-5-15(11)26-10-13(17(21)27)18(25-26)24-12-6-7-14(16(19)20)23-9-12/h6-11,15-16H,2-5H2,1H3,(H2,21,27)(H,24,25)/t11-,15+/m1/s1. The summed E-state index contributed by atoms with van der Waals surface area (Å²) in [7, 11) is 1.74. The zero-order valence-electron chi connectivity index (χ0n) is 15.0. The van der Waals surface area contributed by atoms with Crippen molar-refractivity contribution in [3.8, 4) is 0 Å². The quantitative estimate of drug-likeness (QED) is 0.754. The Morgan fingerprint density at radius 1 is 1.41 bits per heavy atom. The number of primary amides is 1. The van der Waals surface area contributed by atoms with Crippen molar-refractivity contribution in [3.05, 3.63) is 35.8 Å². The van der Waals surface area contributed by atoms with Gasteiger partial charge in [-0.1, -0.05) is 12.8 Å².